The fraction of sp³-hybridized carbons (Fsp3) is 0.786. The summed E-state index contributed by atoms with van der Waals surface area (Å²) in [5, 5.41) is 20.1. The average Bonchev–Trinajstić information content (AvgIpc) is 3.17. The lowest BCUT2D eigenvalue weighted by Crippen LogP contribution is -2.63. The van der Waals surface area contributed by atoms with Crippen LogP contribution in [0.4, 0.5) is 0 Å². The Morgan fingerprint density at radius 3 is 2.74 bits per heavy atom. The topological polar surface area (TPSA) is 154 Å². The van der Waals surface area contributed by atoms with E-state index in [1.54, 1.807) is 10.9 Å². The highest BCUT2D eigenvalue weighted by atomic mass is 31.2. The van der Waals surface area contributed by atoms with Crippen molar-refractivity contribution in [2.45, 2.75) is 64.1 Å². The van der Waals surface area contributed by atoms with Crippen molar-refractivity contribution in [1.29, 1.82) is 0 Å². The molecule has 12 nitrogen and oxygen atoms in total. The molecule has 1 aromatic heterocycles. The molecule has 0 aromatic carbocycles. The van der Waals surface area contributed by atoms with Crippen molar-refractivity contribution < 1.29 is 37.9 Å². The molecule has 0 radical (unpaired) electrons. The maximum Gasteiger partial charge on any atom is 0.473 e. The Labute approximate surface area is 155 Å². The maximum atomic E-state index is 11.8. The van der Waals surface area contributed by atoms with Crippen molar-refractivity contribution in [3.05, 3.63) is 11.9 Å². The van der Waals surface area contributed by atoms with Crippen LogP contribution in [-0.4, -0.2) is 68.2 Å². The van der Waals surface area contributed by atoms with Crippen LogP contribution in [0.25, 0.3) is 0 Å². The Balaban J connectivity index is 1.76. The monoisotopic (exact) mass is 406 g/mol. The lowest BCUT2D eigenvalue weighted by molar-refractivity contribution is -0.254. The number of hydrogen-bond acceptors (Lipinski definition) is 9. The third-order valence-corrected chi connectivity index (χ3v) is 5.21. The summed E-state index contributed by atoms with van der Waals surface area (Å²) in [4.78, 5) is 21.2. The van der Waals surface area contributed by atoms with Gasteiger partial charge in [-0.2, -0.15) is 0 Å². The van der Waals surface area contributed by atoms with Gasteiger partial charge in [0.1, 0.15) is 30.0 Å². The molecule has 2 aliphatic rings. The molecule has 3 heterocycles. The summed E-state index contributed by atoms with van der Waals surface area (Å²) >= 11 is 0. The molecule has 3 N–H and O–H groups in total. The van der Waals surface area contributed by atoms with Crippen molar-refractivity contribution in [1.82, 2.24) is 20.3 Å². The van der Waals surface area contributed by atoms with Gasteiger partial charge in [0.25, 0.3) is 0 Å². The molecule has 2 saturated heterocycles. The lowest BCUT2D eigenvalue weighted by Gasteiger charge is -2.41. The van der Waals surface area contributed by atoms with Crippen LogP contribution in [-0.2, 0) is 34.5 Å². The number of nitrogens with zero attached hydrogens (tertiary/aromatic N) is 3. The summed E-state index contributed by atoms with van der Waals surface area (Å²) in [6, 6.07) is -0.787. The number of phosphoric ester groups is 1. The van der Waals surface area contributed by atoms with Crippen molar-refractivity contribution in [2.24, 2.45) is 0 Å². The number of ether oxygens (including phenoxy) is 2. The van der Waals surface area contributed by atoms with Crippen molar-refractivity contribution in [2.75, 3.05) is 6.61 Å². The molecule has 0 saturated carbocycles. The van der Waals surface area contributed by atoms with Crippen molar-refractivity contribution in [3.63, 3.8) is 0 Å². The molecule has 0 aliphatic carbocycles. The molecule has 13 heteroatoms. The number of aliphatic hydroxyl groups excluding tert-OH is 1. The predicted octanol–water partition coefficient (Wildman–Crippen LogP) is -0.518. The van der Waals surface area contributed by atoms with Crippen molar-refractivity contribution >= 4 is 13.7 Å². The van der Waals surface area contributed by atoms with E-state index < -0.39 is 51.0 Å². The lowest BCUT2D eigenvalue weighted by atomic mass is 9.97. The molecule has 27 heavy (non-hydrogen) atoms. The highest BCUT2D eigenvalue weighted by molar-refractivity contribution is 7.47. The van der Waals surface area contributed by atoms with E-state index in [0.717, 1.165) is 0 Å². The van der Waals surface area contributed by atoms with Gasteiger partial charge in [0.05, 0.1) is 19.4 Å². The van der Waals surface area contributed by atoms with Gasteiger partial charge in [0.2, 0.25) is 5.91 Å². The maximum absolute atomic E-state index is 11.8. The van der Waals surface area contributed by atoms with Gasteiger partial charge < -0.3 is 24.8 Å². The normalized spacial score (nSPS) is 36.0. The fourth-order valence-corrected chi connectivity index (χ4v) is 4.14. The van der Waals surface area contributed by atoms with E-state index in [1.165, 1.54) is 6.92 Å². The standard InChI is InChI=1S/C14H23N4O8P/c1-7(2)18-4-9(16-17-18)6-23-14-11(15-8(3)20)13-12(10(5-19)24-14)25-27(21,22)26-13/h4,7,10-14,19H,5-6H2,1-3H3,(H,15,20)(H,21,22)/t10-,11-,12+,13-,14-/m1/s1. The van der Waals surface area contributed by atoms with Gasteiger partial charge in [-0.25, -0.2) is 9.25 Å². The van der Waals surface area contributed by atoms with Gasteiger partial charge in [-0.15, -0.1) is 5.10 Å². The van der Waals surface area contributed by atoms with Gasteiger partial charge in [-0.05, 0) is 13.8 Å². The van der Waals surface area contributed by atoms with Crippen LogP contribution < -0.4 is 5.32 Å². The number of carbonyl (C=O) groups is 1. The molecule has 1 aromatic rings. The van der Waals surface area contributed by atoms with Crippen LogP contribution in [0.15, 0.2) is 6.20 Å². The molecule has 3 rings (SSSR count). The number of nitrogens with one attached hydrogen (secondary N) is 1. The number of phosphoric acid groups is 1. The van der Waals surface area contributed by atoms with E-state index in [2.05, 4.69) is 15.6 Å². The summed E-state index contributed by atoms with van der Waals surface area (Å²) in [6.07, 6.45) is -2.35. The fourth-order valence-electron chi connectivity index (χ4n) is 2.97. The molecule has 0 spiro atoms. The number of fused-ring (bicyclic) bond motifs is 1. The van der Waals surface area contributed by atoms with E-state index in [4.69, 9.17) is 18.5 Å². The van der Waals surface area contributed by atoms with Crippen LogP contribution in [0, 0.1) is 0 Å². The van der Waals surface area contributed by atoms with Crippen molar-refractivity contribution in [3.8, 4) is 0 Å². The van der Waals surface area contributed by atoms with E-state index in [1.807, 2.05) is 13.8 Å². The zero-order valence-corrected chi connectivity index (χ0v) is 16.0. The van der Waals surface area contributed by atoms with E-state index in [-0.39, 0.29) is 12.6 Å². The quantitative estimate of drug-likeness (QED) is 0.526. The van der Waals surface area contributed by atoms with Gasteiger partial charge in [-0.3, -0.25) is 13.8 Å². The number of rotatable bonds is 6. The second-order valence-corrected chi connectivity index (χ2v) is 8.01. The summed E-state index contributed by atoms with van der Waals surface area (Å²) in [5.41, 5.74) is 0.535. The zero-order chi connectivity index (χ0) is 19.8. The summed E-state index contributed by atoms with van der Waals surface area (Å²) in [6.45, 7) is 4.72. The Morgan fingerprint density at radius 1 is 1.44 bits per heavy atom. The van der Waals surface area contributed by atoms with E-state index >= 15 is 0 Å². The number of carbonyl (C=O) groups excluding carboxylic acids is 1. The Bertz CT molecular complexity index is 728. The zero-order valence-electron chi connectivity index (χ0n) is 15.1. The first-order valence-corrected chi connectivity index (χ1v) is 9.95. The van der Waals surface area contributed by atoms with E-state index in [9.17, 15) is 19.4 Å². The van der Waals surface area contributed by atoms with Gasteiger partial charge >= 0.3 is 7.82 Å². The SMILES string of the molecule is CC(=O)N[C@H]1[C@H](OCc2cn(C(C)C)nn2)O[C@H](CO)[C@@H]2OP(=O)(O)O[C@H]12. The molecular weight excluding hydrogens is 383 g/mol. The second kappa shape index (κ2) is 7.92. The molecule has 2 fully saturated rings. The first-order valence-electron chi connectivity index (χ1n) is 8.45. The Morgan fingerprint density at radius 2 is 2.15 bits per heavy atom. The smallest absolute Gasteiger partial charge is 0.394 e. The number of amides is 1. The highest BCUT2D eigenvalue weighted by Gasteiger charge is 2.57. The second-order valence-electron chi connectivity index (χ2n) is 6.66. The molecule has 1 unspecified atom stereocenters. The molecule has 0 bridgehead atoms. The van der Waals surface area contributed by atoms with Gasteiger partial charge in [0.15, 0.2) is 6.29 Å². The minimum atomic E-state index is -4.31. The average molecular weight is 406 g/mol. The first-order chi connectivity index (χ1) is 12.7. The molecule has 152 valence electrons. The minimum absolute atomic E-state index is 0.0145. The summed E-state index contributed by atoms with van der Waals surface area (Å²) in [7, 11) is -4.31. The molecule has 6 atom stereocenters. The van der Waals surface area contributed by atoms with Crippen LogP contribution in [0.2, 0.25) is 0 Å². The third-order valence-electron chi connectivity index (χ3n) is 4.19. The predicted molar refractivity (Wildman–Crippen MR) is 88.1 cm³/mol. The van der Waals surface area contributed by atoms with Crippen LogP contribution >= 0.6 is 7.82 Å². The number of hydrogen-bond donors (Lipinski definition) is 3. The van der Waals surface area contributed by atoms with Crippen LogP contribution in [0.3, 0.4) is 0 Å². The Hall–Kier alpha value is -1.40. The van der Waals surface area contributed by atoms with Gasteiger partial charge in [0, 0.05) is 13.0 Å². The number of aromatic nitrogens is 3. The first kappa shape index (κ1) is 20.3. The highest BCUT2D eigenvalue weighted by Crippen LogP contribution is 2.55. The summed E-state index contributed by atoms with van der Waals surface area (Å²) < 4.78 is 34.9. The van der Waals surface area contributed by atoms with Crippen LogP contribution in [0.5, 0.6) is 0 Å². The molecule has 1 amide bonds. The molecule has 2 aliphatic heterocycles. The van der Waals surface area contributed by atoms with E-state index in [0.29, 0.717) is 5.69 Å². The minimum Gasteiger partial charge on any atom is -0.394 e. The Kier molecular flexibility index (Phi) is 5.96. The number of aliphatic hydroxyl groups is 1. The largest absolute Gasteiger partial charge is 0.473 e. The van der Waals surface area contributed by atoms with Crippen LogP contribution in [0.1, 0.15) is 32.5 Å². The third kappa shape index (κ3) is 4.54. The summed E-state index contributed by atoms with van der Waals surface area (Å²) in [5.74, 6) is -0.410. The molecular formula is C14H23N4O8P. The van der Waals surface area contributed by atoms with Gasteiger partial charge in [-0.1, -0.05) is 5.21 Å².